The maximum atomic E-state index is 14.1. The van der Waals surface area contributed by atoms with Crippen LogP contribution in [0.4, 0.5) is 4.39 Å². The summed E-state index contributed by atoms with van der Waals surface area (Å²) in [5, 5.41) is 1.87. The minimum absolute atomic E-state index is 0.0953. The fraction of sp³-hybridized carbons (Fsp3) is 0.130. The number of halogens is 1. The Hall–Kier alpha value is -3.25. The zero-order valence-electron chi connectivity index (χ0n) is 15.8. The third kappa shape index (κ3) is 3.71. The Labute approximate surface area is 172 Å². The van der Waals surface area contributed by atoms with Crippen molar-refractivity contribution in [2.75, 3.05) is 7.05 Å². The minimum Gasteiger partial charge on any atom is -0.365 e. The lowest BCUT2D eigenvalue weighted by Crippen LogP contribution is -2.34. The van der Waals surface area contributed by atoms with Crippen molar-refractivity contribution in [1.82, 2.24) is 9.80 Å². The van der Waals surface area contributed by atoms with E-state index in [0.29, 0.717) is 23.4 Å². The summed E-state index contributed by atoms with van der Waals surface area (Å²) < 4.78 is 14.1. The van der Waals surface area contributed by atoms with Crippen LogP contribution < -0.4 is 0 Å². The number of hydrogen-bond acceptors (Lipinski definition) is 4. The standard InChI is InChI=1S/C23H19FN2O2S/c1-25(14-16-8-3-2-4-9-16)21-20(19-12-7-13-29-19)22(27)26(23(21)28)15-17-10-5-6-11-18(17)24/h2-13H,14-15H2,1H3. The highest BCUT2D eigenvalue weighted by Gasteiger charge is 2.41. The molecule has 1 aromatic heterocycles. The molecule has 0 radical (unpaired) electrons. The predicted molar refractivity (Wildman–Crippen MR) is 111 cm³/mol. The number of imide groups is 1. The molecule has 2 heterocycles. The first-order chi connectivity index (χ1) is 14.1. The maximum Gasteiger partial charge on any atom is 0.278 e. The van der Waals surface area contributed by atoms with E-state index in [1.54, 1.807) is 30.1 Å². The van der Waals surface area contributed by atoms with Crippen LogP contribution in [-0.2, 0) is 22.7 Å². The highest BCUT2D eigenvalue weighted by atomic mass is 32.1. The predicted octanol–water partition coefficient (Wildman–Crippen LogP) is 4.30. The summed E-state index contributed by atoms with van der Waals surface area (Å²) in [5.41, 5.74) is 2.06. The first-order valence-corrected chi connectivity index (χ1v) is 10.1. The number of benzene rings is 2. The number of carbonyl (C=O) groups is 2. The number of rotatable bonds is 6. The first-order valence-electron chi connectivity index (χ1n) is 9.19. The fourth-order valence-electron chi connectivity index (χ4n) is 3.44. The highest BCUT2D eigenvalue weighted by molar-refractivity contribution is 7.11. The zero-order valence-corrected chi connectivity index (χ0v) is 16.7. The molecular weight excluding hydrogens is 387 g/mol. The summed E-state index contributed by atoms with van der Waals surface area (Å²) in [5.74, 6) is -1.23. The summed E-state index contributed by atoms with van der Waals surface area (Å²) in [6, 6.07) is 19.6. The lowest BCUT2D eigenvalue weighted by atomic mass is 10.1. The van der Waals surface area contributed by atoms with E-state index < -0.39 is 17.6 Å². The van der Waals surface area contributed by atoms with Gasteiger partial charge in [0.1, 0.15) is 11.5 Å². The van der Waals surface area contributed by atoms with Gasteiger partial charge in [-0.25, -0.2) is 4.39 Å². The number of hydrogen-bond donors (Lipinski definition) is 0. The Morgan fingerprint density at radius 1 is 0.931 bits per heavy atom. The van der Waals surface area contributed by atoms with Gasteiger partial charge in [-0.1, -0.05) is 54.6 Å². The third-order valence-electron chi connectivity index (χ3n) is 4.84. The molecule has 0 aliphatic carbocycles. The van der Waals surface area contributed by atoms with E-state index in [-0.39, 0.29) is 6.54 Å². The number of likely N-dealkylation sites (N-methyl/N-ethyl adjacent to an activating group) is 1. The molecule has 6 heteroatoms. The van der Waals surface area contributed by atoms with E-state index in [9.17, 15) is 14.0 Å². The Balaban J connectivity index is 1.70. The van der Waals surface area contributed by atoms with Crippen LogP contribution in [0, 0.1) is 5.82 Å². The second-order valence-corrected chi connectivity index (χ2v) is 7.78. The molecule has 0 spiro atoms. The molecule has 0 saturated heterocycles. The molecule has 3 aromatic rings. The topological polar surface area (TPSA) is 40.6 Å². The van der Waals surface area contributed by atoms with Crippen LogP contribution >= 0.6 is 11.3 Å². The van der Waals surface area contributed by atoms with Gasteiger partial charge in [-0.2, -0.15) is 0 Å². The van der Waals surface area contributed by atoms with Gasteiger partial charge in [0.15, 0.2) is 0 Å². The maximum absolute atomic E-state index is 14.1. The second-order valence-electron chi connectivity index (χ2n) is 6.83. The van der Waals surface area contributed by atoms with Gasteiger partial charge >= 0.3 is 0 Å². The number of carbonyl (C=O) groups excluding carboxylic acids is 2. The van der Waals surface area contributed by atoms with Crippen molar-refractivity contribution in [2.45, 2.75) is 13.1 Å². The average molecular weight is 406 g/mol. The lowest BCUT2D eigenvalue weighted by Gasteiger charge is -2.21. The Morgan fingerprint density at radius 3 is 2.34 bits per heavy atom. The summed E-state index contributed by atoms with van der Waals surface area (Å²) in [6.07, 6.45) is 0. The van der Waals surface area contributed by atoms with Gasteiger partial charge in [0.25, 0.3) is 11.8 Å². The SMILES string of the molecule is CN(Cc1ccccc1)C1=C(c2cccs2)C(=O)N(Cc2ccccc2F)C1=O. The number of thiophene rings is 1. The summed E-state index contributed by atoms with van der Waals surface area (Å²) in [7, 11) is 1.80. The van der Waals surface area contributed by atoms with Crippen molar-refractivity contribution in [3.63, 3.8) is 0 Å². The van der Waals surface area contributed by atoms with Crippen LogP contribution in [0.2, 0.25) is 0 Å². The minimum atomic E-state index is -0.433. The van der Waals surface area contributed by atoms with Crippen molar-refractivity contribution < 1.29 is 14.0 Å². The number of amides is 2. The Bertz CT molecular complexity index is 1080. The fourth-order valence-corrected chi connectivity index (χ4v) is 4.20. The Morgan fingerprint density at radius 2 is 1.66 bits per heavy atom. The molecule has 1 aliphatic rings. The van der Waals surface area contributed by atoms with E-state index in [4.69, 9.17) is 0 Å². The molecule has 2 amide bonds. The molecule has 2 aromatic carbocycles. The first kappa shape index (κ1) is 19.1. The molecule has 4 nitrogen and oxygen atoms in total. The molecule has 146 valence electrons. The van der Waals surface area contributed by atoms with Gasteiger partial charge in [-0.05, 0) is 23.1 Å². The van der Waals surface area contributed by atoms with E-state index in [2.05, 4.69) is 0 Å². The molecule has 0 fully saturated rings. The molecule has 0 bridgehead atoms. The van der Waals surface area contributed by atoms with Crippen LogP contribution in [0.25, 0.3) is 5.57 Å². The van der Waals surface area contributed by atoms with Gasteiger partial charge in [0.2, 0.25) is 0 Å². The lowest BCUT2D eigenvalue weighted by molar-refractivity contribution is -0.138. The molecule has 0 N–H and O–H groups in total. The third-order valence-corrected chi connectivity index (χ3v) is 5.73. The van der Waals surface area contributed by atoms with Crippen molar-refractivity contribution in [3.05, 3.63) is 99.6 Å². The largest absolute Gasteiger partial charge is 0.365 e. The Kier molecular flexibility index (Phi) is 5.27. The molecule has 0 atom stereocenters. The quantitative estimate of drug-likeness (QED) is 0.573. The van der Waals surface area contributed by atoms with Crippen LogP contribution in [-0.4, -0.2) is 28.7 Å². The van der Waals surface area contributed by atoms with Gasteiger partial charge in [-0.15, -0.1) is 11.3 Å². The molecule has 0 saturated carbocycles. The highest BCUT2D eigenvalue weighted by Crippen LogP contribution is 2.35. The summed E-state index contributed by atoms with van der Waals surface area (Å²) >= 11 is 1.41. The van der Waals surface area contributed by atoms with Gasteiger partial charge in [-0.3, -0.25) is 14.5 Å². The van der Waals surface area contributed by atoms with E-state index in [1.165, 1.54) is 17.4 Å². The molecule has 1 aliphatic heterocycles. The number of nitrogens with zero attached hydrogens (tertiary/aromatic N) is 2. The van der Waals surface area contributed by atoms with Crippen molar-refractivity contribution >= 4 is 28.7 Å². The van der Waals surface area contributed by atoms with Gasteiger partial charge in [0, 0.05) is 24.0 Å². The van der Waals surface area contributed by atoms with Gasteiger partial charge in [0.05, 0.1) is 12.1 Å². The monoisotopic (exact) mass is 406 g/mol. The summed E-state index contributed by atoms with van der Waals surface area (Å²) in [6.45, 7) is 0.388. The van der Waals surface area contributed by atoms with Crippen LogP contribution in [0.3, 0.4) is 0 Å². The smallest absolute Gasteiger partial charge is 0.278 e. The van der Waals surface area contributed by atoms with E-state index in [1.807, 2.05) is 47.8 Å². The van der Waals surface area contributed by atoms with E-state index in [0.717, 1.165) is 15.3 Å². The van der Waals surface area contributed by atoms with Gasteiger partial charge < -0.3 is 4.90 Å². The molecule has 4 rings (SSSR count). The van der Waals surface area contributed by atoms with Crippen molar-refractivity contribution in [1.29, 1.82) is 0 Å². The molecule has 29 heavy (non-hydrogen) atoms. The van der Waals surface area contributed by atoms with Crippen LogP contribution in [0.5, 0.6) is 0 Å². The van der Waals surface area contributed by atoms with Crippen LogP contribution in [0.15, 0.2) is 77.8 Å². The molecule has 0 unspecified atom stereocenters. The zero-order chi connectivity index (χ0) is 20.4. The summed E-state index contributed by atoms with van der Waals surface area (Å²) in [4.78, 5) is 30.1. The van der Waals surface area contributed by atoms with Crippen LogP contribution in [0.1, 0.15) is 16.0 Å². The van der Waals surface area contributed by atoms with Crippen molar-refractivity contribution in [3.8, 4) is 0 Å². The molecular formula is C23H19FN2O2S. The normalized spacial score (nSPS) is 14.1. The second kappa shape index (κ2) is 8.01. The van der Waals surface area contributed by atoms with E-state index >= 15 is 0 Å². The van der Waals surface area contributed by atoms with Crippen molar-refractivity contribution in [2.24, 2.45) is 0 Å². The average Bonchev–Trinajstić information content (AvgIpc) is 3.32.